The van der Waals surface area contributed by atoms with Gasteiger partial charge in [0.15, 0.2) is 5.52 Å². The van der Waals surface area contributed by atoms with Gasteiger partial charge in [0, 0.05) is 19.3 Å². The maximum absolute atomic E-state index is 13.3. The first-order valence-electron chi connectivity index (χ1n) is 27.0. The molecule has 0 fully saturated rings. The lowest BCUT2D eigenvalue weighted by Gasteiger charge is -2.17. The van der Waals surface area contributed by atoms with E-state index in [0.29, 0.717) is 38.0 Å². The van der Waals surface area contributed by atoms with Crippen LogP contribution < -0.4 is 0 Å². The van der Waals surface area contributed by atoms with Gasteiger partial charge in [0.25, 0.3) is 0 Å². The van der Waals surface area contributed by atoms with Crippen molar-refractivity contribution in [2.45, 2.75) is 272 Å². The van der Waals surface area contributed by atoms with Gasteiger partial charge in [-0.3, -0.25) is 14.4 Å². The molecule has 0 N–H and O–H groups in total. The Bertz CT molecular complexity index is 874. The second-order valence-electron chi connectivity index (χ2n) is 19.2. The van der Waals surface area contributed by atoms with Gasteiger partial charge in [0.2, 0.25) is 0 Å². The molecule has 61 heavy (non-hydrogen) atoms. The molecule has 0 unspecified atom stereocenters. The molecule has 0 aliphatic heterocycles. The standard InChI is InChI=1S/C54H106NO5P/c1-7-11-15-25-36-50(37-26-16-12-8-2)40-34-46-59-52(56)42-29-21-19-23-31-48-61(54(58)44-33-45-55(5)6)49-32-24-20-22-30-43-53(57)60-47-35-41-51(38-27-17-13-9-3)39-28-18-14-10-4/h50-51H,7-49H2,1-6H3. The minimum absolute atomic E-state index is 0.0235. The third kappa shape index (κ3) is 42.7. The highest BCUT2D eigenvalue weighted by atomic mass is 31.1. The number of carbonyl (C=O) groups is 3. The molecule has 0 saturated heterocycles. The van der Waals surface area contributed by atoms with E-state index in [9.17, 15) is 14.4 Å². The van der Waals surface area contributed by atoms with E-state index < -0.39 is 7.92 Å². The van der Waals surface area contributed by atoms with Gasteiger partial charge in [-0.05, 0) is 111 Å². The van der Waals surface area contributed by atoms with E-state index in [1.165, 1.54) is 141 Å². The highest BCUT2D eigenvalue weighted by Crippen LogP contribution is 2.41. The fraction of sp³-hybridized carbons (Fsp3) is 0.944. The predicted molar refractivity (Wildman–Crippen MR) is 267 cm³/mol. The number of rotatable bonds is 49. The van der Waals surface area contributed by atoms with Crippen LogP contribution in [0.3, 0.4) is 0 Å². The zero-order valence-corrected chi connectivity index (χ0v) is 42.9. The summed E-state index contributed by atoms with van der Waals surface area (Å²) in [6.07, 6.45) is 46.7. The summed E-state index contributed by atoms with van der Waals surface area (Å²) in [5, 5.41) is 0. The molecule has 0 saturated carbocycles. The van der Waals surface area contributed by atoms with Gasteiger partial charge in [0.1, 0.15) is 0 Å². The number of ether oxygens (including phenoxy) is 2. The normalized spacial score (nSPS) is 11.8. The van der Waals surface area contributed by atoms with E-state index in [-0.39, 0.29) is 11.9 Å². The van der Waals surface area contributed by atoms with Crippen LogP contribution in [0.4, 0.5) is 0 Å². The SMILES string of the molecule is CCCCCCC(CCCCCC)CCCOC(=O)CCCCCCCP(CCCCCCCC(=O)OCCCC(CCCCCC)CCCCCC)C(=O)CCCN(C)C. The van der Waals surface area contributed by atoms with Crippen LogP contribution in [0, 0.1) is 11.8 Å². The lowest BCUT2D eigenvalue weighted by Crippen LogP contribution is -2.14. The molecule has 362 valence electrons. The molecule has 0 heterocycles. The first-order valence-corrected chi connectivity index (χ1v) is 28.7. The second-order valence-corrected chi connectivity index (χ2v) is 21.7. The predicted octanol–water partition coefficient (Wildman–Crippen LogP) is 16.8. The maximum Gasteiger partial charge on any atom is 0.305 e. The van der Waals surface area contributed by atoms with Crippen LogP contribution >= 0.6 is 7.92 Å². The average Bonchev–Trinajstić information content (AvgIpc) is 3.24. The van der Waals surface area contributed by atoms with E-state index in [4.69, 9.17) is 9.47 Å². The molecule has 0 aromatic heterocycles. The Hall–Kier alpha value is -1.00. The van der Waals surface area contributed by atoms with Crippen molar-refractivity contribution in [3.63, 3.8) is 0 Å². The van der Waals surface area contributed by atoms with Crippen LogP contribution in [0.2, 0.25) is 0 Å². The molecule has 0 aromatic carbocycles. The Labute approximate surface area is 382 Å². The molecule has 0 aromatic rings. The third-order valence-electron chi connectivity index (χ3n) is 12.9. The number of carbonyl (C=O) groups excluding carboxylic acids is 3. The van der Waals surface area contributed by atoms with Crippen molar-refractivity contribution in [1.29, 1.82) is 0 Å². The molecule has 0 spiro atoms. The first kappa shape index (κ1) is 60.0. The van der Waals surface area contributed by atoms with Crippen LogP contribution in [0.25, 0.3) is 0 Å². The Kier molecular flexibility index (Phi) is 46.2. The van der Waals surface area contributed by atoms with Gasteiger partial charge >= 0.3 is 11.9 Å². The van der Waals surface area contributed by atoms with Crippen LogP contribution in [-0.2, 0) is 23.9 Å². The van der Waals surface area contributed by atoms with Crippen LogP contribution in [-0.4, -0.2) is 68.5 Å². The number of hydrogen-bond donors (Lipinski definition) is 0. The van der Waals surface area contributed by atoms with Crippen molar-refractivity contribution < 1.29 is 23.9 Å². The highest BCUT2D eigenvalue weighted by Gasteiger charge is 2.17. The third-order valence-corrected chi connectivity index (χ3v) is 15.5. The van der Waals surface area contributed by atoms with Gasteiger partial charge in [-0.25, -0.2) is 0 Å². The fourth-order valence-corrected chi connectivity index (χ4v) is 11.2. The zero-order chi connectivity index (χ0) is 44.9. The van der Waals surface area contributed by atoms with Gasteiger partial charge < -0.3 is 14.4 Å². The monoisotopic (exact) mass is 880 g/mol. The van der Waals surface area contributed by atoms with Gasteiger partial charge in [0.05, 0.1) is 13.2 Å². The molecule has 7 heteroatoms. The van der Waals surface area contributed by atoms with Crippen LogP contribution in [0.1, 0.15) is 272 Å². The highest BCUT2D eigenvalue weighted by molar-refractivity contribution is 7.74. The Balaban J connectivity index is 4.30. The van der Waals surface area contributed by atoms with Gasteiger partial charge in [-0.15, -0.1) is 0 Å². The Morgan fingerprint density at radius 3 is 1.08 bits per heavy atom. The number of hydrogen-bond acceptors (Lipinski definition) is 6. The fourth-order valence-electron chi connectivity index (χ4n) is 8.84. The number of esters is 2. The lowest BCUT2D eigenvalue weighted by atomic mass is 9.91. The van der Waals surface area contributed by atoms with Crippen molar-refractivity contribution in [1.82, 2.24) is 4.90 Å². The summed E-state index contributed by atoms with van der Waals surface area (Å²) in [7, 11) is 3.58. The topological polar surface area (TPSA) is 72.9 Å². The van der Waals surface area contributed by atoms with Crippen molar-refractivity contribution >= 4 is 25.4 Å². The van der Waals surface area contributed by atoms with Gasteiger partial charge in [-0.2, -0.15) is 0 Å². The summed E-state index contributed by atoms with van der Waals surface area (Å²) < 4.78 is 11.3. The molecular formula is C54H106NO5P. The minimum Gasteiger partial charge on any atom is -0.466 e. The second kappa shape index (κ2) is 47.0. The minimum atomic E-state index is -0.578. The molecule has 0 radical (unpaired) electrons. The van der Waals surface area contributed by atoms with Crippen molar-refractivity contribution in [3.05, 3.63) is 0 Å². The molecule has 0 amide bonds. The molecule has 0 rings (SSSR count). The molecule has 0 atom stereocenters. The number of nitrogens with zero attached hydrogens (tertiary/aromatic N) is 1. The lowest BCUT2D eigenvalue weighted by molar-refractivity contribution is -0.144. The Morgan fingerprint density at radius 1 is 0.393 bits per heavy atom. The summed E-state index contributed by atoms with van der Waals surface area (Å²) in [4.78, 5) is 40.3. The van der Waals surface area contributed by atoms with E-state index in [2.05, 4.69) is 46.7 Å². The van der Waals surface area contributed by atoms with Crippen molar-refractivity contribution in [2.75, 3.05) is 46.2 Å². The summed E-state index contributed by atoms with van der Waals surface area (Å²) in [6.45, 7) is 11.3. The number of unbranched alkanes of at least 4 members (excludes halogenated alkanes) is 20. The van der Waals surface area contributed by atoms with Crippen molar-refractivity contribution in [2.24, 2.45) is 11.8 Å². The first-order chi connectivity index (χ1) is 29.8. The van der Waals surface area contributed by atoms with E-state index in [0.717, 1.165) is 114 Å². The zero-order valence-electron chi connectivity index (χ0n) is 42.0. The summed E-state index contributed by atoms with van der Waals surface area (Å²) in [5.41, 5.74) is 0.515. The van der Waals surface area contributed by atoms with Crippen molar-refractivity contribution in [3.8, 4) is 0 Å². The largest absolute Gasteiger partial charge is 0.466 e. The smallest absolute Gasteiger partial charge is 0.305 e. The van der Waals surface area contributed by atoms with Gasteiger partial charge in [-0.1, -0.05) is 195 Å². The molecule has 0 bridgehead atoms. The summed E-state index contributed by atoms with van der Waals surface area (Å²) in [5.74, 6) is 1.54. The van der Waals surface area contributed by atoms with E-state index >= 15 is 0 Å². The quantitative estimate of drug-likeness (QED) is 0.0344. The van der Waals surface area contributed by atoms with E-state index in [1.54, 1.807) is 0 Å². The summed E-state index contributed by atoms with van der Waals surface area (Å²) in [6, 6.07) is 0. The van der Waals surface area contributed by atoms with E-state index in [1.807, 2.05) is 0 Å². The van der Waals surface area contributed by atoms with Crippen LogP contribution in [0.5, 0.6) is 0 Å². The molecule has 0 aliphatic carbocycles. The maximum atomic E-state index is 13.3. The summed E-state index contributed by atoms with van der Waals surface area (Å²) >= 11 is 0. The van der Waals surface area contributed by atoms with Crippen LogP contribution in [0.15, 0.2) is 0 Å². The average molecular weight is 880 g/mol. The molecule has 6 nitrogen and oxygen atoms in total. The molecular weight excluding hydrogens is 774 g/mol. The Morgan fingerprint density at radius 2 is 0.721 bits per heavy atom. The molecule has 0 aliphatic rings.